The fourth-order valence-electron chi connectivity index (χ4n) is 1.40. The molecule has 0 heterocycles. The molecule has 1 aromatic carbocycles. The maximum absolute atomic E-state index is 11.9. The van der Waals surface area contributed by atoms with Crippen LogP contribution in [0.15, 0.2) is 29.2 Å². The van der Waals surface area contributed by atoms with Crippen LogP contribution in [0.4, 0.5) is 13.2 Å². The third kappa shape index (κ3) is 6.23. The van der Waals surface area contributed by atoms with Gasteiger partial charge in [-0.3, -0.25) is 4.79 Å². The number of sulfonamides is 1. The van der Waals surface area contributed by atoms with Gasteiger partial charge in [0.1, 0.15) is 6.61 Å². The standard InChI is InChI=1S/C12H14F3NO4S/c1-9(17)10-3-2-4-11(7-10)21(18,19)16-5-6-20-8-12(13,14)15/h2-4,7,16H,5-6,8H2,1H3. The van der Waals surface area contributed by atoms with Crippen molar-refractivity contribution in [2.45, 2.75) is 18.0 Å². The van der Waals surface area contributed by atoms with E-state index in [9.17, 15) is 26.4 Å². The summed E-state index contributed by atoms with van der Waals surface area (Å²) in [5.74, 6) is -0.291. The zero-order valence-corrected chi connectivity index (χ0v) is 11.9. The number of benzene rings is 1. The van der Waals surface area contributed by atoms with Crippen molar-refractivity contribution in [2.24, 2.45) is 0 Å². The van der Waals surface area contributed by atoms with Crippen LogP contribution in [0.1, 0.15) is 17.3 Å². The van der Waals surface area contributed by atoms with E-state index in [1.54, 1.807) is 0 Å². The summed E-state index contributed by atoms with van der Waals surface area (Å²) < 4.78 is 65.5. The first kappa shape index (κ1) is 17.6. The molecule has 5 nitrogen and oxygen atoms in total. The molecule has 118 valence electrons. The van der Waals surface area contributed by atoms with E-state index in [-0.39, 0.29) is 22.8 Å². The Bertz CT molecular complexity index is 599. The zero-order valence-electron chi connectivity index (χ0n) is 11.1. The highest BCUT2D eigenvalue weighted by molar-refractivity contribution is 7.89. The van der Waals surface area contributed by atoms with Crippen LogP contribution in [0.2, 0.25) is 0 Å². The molecule has 1 aromatic rings. The maximum Gasteiger partial charge on any atom is 0.411 e. The molecule has 0 saturated heterocycles. The second-order valence-corrected chi connectivity index (χ2v) is 5.92. The second kappa shape index (κ2) is 7.01. The number of carbonyl (C=O) groups is 1. The number of rotatable bonds is 7. The number of halogens is 3. The van der Waals surface area contributed by atoms with Gasteiger partial charge in [0.15, 0.2) is 5.78 Å². The summed E-state index contributed by atoms with van der Waals surface area (Å²) in [6.45, 7) is -0.855. The average Bonchev–Trinajstić information content (AvgIpc) is 2.37. The van der Waals surface area contributed by atoms with Crippen molar-refractivity contribution in [2.75, 3.05) is 19.8 Å². The van der Waals surface area contributed by atoms with Gasteiger partial charge in [-0.25, -0.2) is 13.1 Å². The summed E-state index contributed by atoms with van der Waals surface area (Å²) in [6, 6.07) is 5.35. The maximum atomic E-state index is 11.9. The fraction of sp³-hybridized carbons (Fsp3) is 0.417. The minimum Gasteiger partial charge on any atom is -0.371 e. The number of alkyl halides is 3. The highest BCUT2D eigenvalue weighted by Gasteiger charge is 2.27. The Morgan fingerprint density at radius 1 is 1.33 bits per heavy atom. The molecule has 0 radical (unpaired) electrons. The summed E-state index contributed by atoms with van der Waals surface area (Å²) in [5, 5.41) is 0. The van der Waals surface area contributed by atoms with E-state index in [2.05, 4.69) is 9.46 Å². The fourth-order valence-corrected chi connectivity index (χ4v) is 2.46. The quantitative estimate of drug-likeness (QED) is 0.612. The lowest BCUT2D eigenvalue weighted by Gasteiger charge is -2.09. The average molecular weight is 325 g/mol. The lowest BCUT2D eigenvalue weighted by molar-refractivity contribution is -0.173. The van der Waals surface area contributed by atoms with Gasteiger partial charge in [-0.15, -0.1) is 0 Å². The molecule has 0 unspecified atom stereocenters. The molecule has 0 aromatic heterocycles. The Morgan fingerprint density at radius 2 is 2.00 bits per heavy atom. The van der Waals surface area contributed by atoms with Gasteiger partial charge in [-0.2, -0.15) is 13.2 Å². The first-order valence-electron chi connectivity index (χ1n) is 5.87. The van der Waals surface area contributed by atoms with Crippen molar-refractivity contribution < 1.29 is 31.1 Å². The Balaban J connectivity index is 2.58. The molecule has 9 heteroatoms. The minimum atomic E-state index is -4.45. The lowest BCUT2D eigenvalue weighted by atomic mass is 10.2. The predicted molar refractivity (Wildman–Crippen MR) is 68.5 cm³/mol. The molecule has 0 amide bonds. The molecule has 0 saturated carbocycles. The first-order chi connectivity index (χ1) is 9.62. The van der Waals surface area contributed by atoms with Crippen molar-refractivity contribution in [1.82, 2.24) is 4.72 Å². The van der Waals surface area contributed by atoms with Crippen LogP contribution in [0.25, 0.3) is 0 Å². The molecule has 0 atom stereocenters. The van der Waals surface area contributed by atoms with Crippen LogP contribution in [0, 0.1) is 0 Å². The Morgan fingerprint density at radius 3 is 2.57 bits per heavy atom. The van der Waals surface area contributed by atoms with Crippen LogP contribution in [-0.2, 0) is 14.8 Å². The number of carbonyl (C=O) groups excluding carboxylic acids is 1. The molecule has 1 N–H and O–H groups in total. The van der Waals surface area contributed by atoms with Crippen LogP contribution >= 0.6 is 0 Å². The minimum absolute atomic E-state index is 0.133. The van der Waals surface area contributed by atoms with E-state index < -0.39 is 29.4 Å². The molecular formula is C12H14F3NO4S. The van der Waals surface area contributed by atoms with Crippen molar-refractivity contribution in [1.29, 1.82) is 0 Å². The van der Waals surface area contributed by atoms with Gasteiger partial charge in [0.2, 0.25) is 10.0 Å². The summed E-state index contributed by atoms with van der Waals surface area (Å²) >= 11 is 0. The molecule has 0 fully saturated rings. The normalized spacial score (nSPS) is 12.4. The van der Waals surface area contributed by atoms with E-state index in [0.717, 1.165) is 0 Å². The lowest BCUT2D eigenvalue weighted by Crippen LogP contribution is -2.29. The van der Waals surface area contributed by atoms with Crippen LogP contribution < -0.4 is 4.72 Å². The number of hydrogen-bond acceptors (Lipinski definition) is 4. The first-order valence-corrected chi connectivity index (χ1v) is 7.35. The van der Waals surface area contributed by atoms with Gasteiger partial charge in [0.25, 0.3) is 0 Å². The number of hydrogen-bond donors (Lipinski definition) is 1. The Labute approximate surface area is 120 Å². The topological polar surface area (TPSA) is 72.5 Å². The third-order valence-corrected chi connectivity index (χ3v) is 3.81. The monoisotopic (exact) mass is 325 g/mol. The number of nitrogens with one attached hydrogen (secondary N) is 1. The zero-order chi connectivity index (χ0) is 16.1. The summed E-state index contributed by atoms with van der Waals surface area (Å²) in [5.41, 5.74) is 0.228. The molecular weight excluding hydrogens is 311 g/mol. The van der Waals surface area contributed by atoms with Crippen LogP contribution in [0.3, 0.4) is 0 Å². The largest absolute Gasteiger partial charge is 0.411 e. The van der Waals surface area contributed by atoms with E-state index in [1.807, 2.05) is 0 Å². The molecule has 0 spiro atoms. The van der Waals surface area contributed by atoms with Crippen molar-refractivity contribution in [3.63, 3.8) is 0 Å². The predicted octanol–water partition coefficient (Wildman–Crippen LogP) is 1.75. The Kier molecular flexibility index (Phi) is 5.87. The Hall–Kier alpha value is -1.45. The summed E-state index contributed by atoms with van der Waals surface area (Å²) in [7, 11) is -3.90. The van der Waals surface area contributed by atoms with Crippen LogP contribution in [0.5, 0.6) is 0 Å². The molecule has 1 rings (SSSR count). The molecule has 0 aliphatic heterocycles. The van der Waals surface area contributed by atoms with E-state index >= 15 is 0 Å². The van der Waals surface area contributed by atoms with E-state index in [1.165, 1.54) is 31.2 Å². The van der Waals surface area contributed by atoms with Crippen LogP contribution in [-0.4, -0.2) is 40.1 Å². The summed E-state index contributed by atoms with van der Waals surface area (Å²) in [6.07, 6.45) is -4.45. The smallest absolute Gasteiger partial charge is 0.371 e. The number of ether oxygens (including phenoxy) is 1. The number of Topliss-reactive ketones (excluding diaryl/α,β-unsaturated/α-hetero) is 1. The number of ketones is 1. The van der Waals surface area contributed by atoms with Gasteiger partial charge in [0.05, 0.1) is 11.5 Å². The molecule has 0 bridgehead atoms. The highest BCUT2D eigenvalue weighted by Crippen LogP contribution is 2.14. The molecule has 21 heavy (non-hydrogen) atoms. The van der Waals surface area contributed by atoms with E-state index in [4.69, 9.17) is 0 Å². The van der Waals surface area contributed by atoms with Gasteiger partial charge in [-0.05, 0) is 19.1 Å². The summed E-state index contributed by atoms with van der Waals surface area (Å²) in [4.78, 5) is 11.0. The molecule has 0 aliphatic carbocycles. The molecule has 0 aliphatic rings. The van der Waals surface area contributed by atoms with Gasteiger partial charge in [0, 0.05) is 12.1 Å². The van der Waals surface area contributed by atoms with Gasteiger partial charge >= 0.3 is 6.18 Å². The van der Waals surface area contributed by atoms with Gasteiger partial charge < -0.3 is 4.74 Å². The van der Waals surface area contributed by atoms with Crippen molar-refractivity contribution >= 4 is 15.8 Å². The van der Waals surface area contributed by atoms with Gasteiger partial charge in [-0.1, -0.05) is 12.1 Å². The highest BCUT2D eigenvalue weighted by atomic mass is 32.2. The SMILES string of the molecule is CC(=O)c1cccc(S(=O)(=O)NCCOCC(F)(F)F)c1. The second-order valence-electron chi connectivity index (χ2n) is 4.15. The third-order valence-electron chi connectivity index (χ3n) is 2.36. The van der Waals surface area contributed by atoms with Crippen molar-refractivity contribution in [3.05, 3.63) is 29.8 Å². The van der Waals surface area contributed by atoms with Crippen molar-refractivity contribution in [3.8, 4) is 0 Å². The van der Waals surface area contributed by atoms with E-state index in [0.29, 0.717) is 0 Å².